The van der Waals surface area contributed by atoms with Crippen molar-refractivity contribution in [1.82, 2.24) is 15.1 Å². The van der Waals surface area contributed by atoms with Gasteiger partial charge in [0, 0.05) is 13.0 Å². The van der Waals surface area contributed by atoms with E-state index in [1.165, 1.54) is 5.56 Å². The summed E-state index contributed by atoms with van der Waals surface area (Å²) in [6, 6.07) is 17.6. The Morgan fingerprint density at radius 1 is 1.06 bits per heavy atom. The maximum Gasteiger partial charge on any atom is 0.258 e. The van der Waals surface area contributed by atoms with Crippen molar-refractivity contribution in [1.29, 1.82) is 0 Å². The maximum absolute atomic E-state index is 13.4. The quantitative estimate of drug-likeness (QED) is 0.695. The van der Waals surface area contributed by atoms with Crippen molar-refractivity contribution in [3.8, 4) is 0 Å². The van der Waals surface area contributed by atoms with Crippen molar-refractivity contribution in [3.05, 3.63) is 65.7 Å². The number of fused-ring (bicyclic) bond motifs is 3. The molecule has 7 nitrogen and oxygen atoms in total. The second-order valence-electron chi connectivity index (χ2n) is 10.3. The summed E-state index contributed by atoms with van der Waals surface area (Å²) in [5.41, 5.74) is 1.46. The zero-order valence-corrected chi connectivity index (χ0v) is 20.6. The van der Waals surface area contributed by atoms with Crippen LogP contribution in [0.3, 0.4) is 0 Å². The molecule has 35 heavy (non-hydrogen) atoms. The van der Waals surface area contributed by atoms with Gasteiger partial charge in [0.25, 0.3) is 5.91 Å². The average molecular weight is 475 g/mol. The molecule has 184 valence electrons. The monoisotopic (exact) mass is 474 g/mol. The number of para-hydroxylation sites is 1. The van der Waals surface area contributed by atoms with Crippen LogP contribution in [0, 0.1) is 5.92 Å². The van der Waals surface area contributed by atoms with Crippen molar-refractivity contribution in [2.45, 2.75) is 51.2 Å². The van der Waals surface area contributed by atoms with E-state index in [0.717, 1.165) is 31.8 Å². The second kappa shape index (κ2) is 9.46. The summed E-state index contributed by atoms with van der Waals surface area (Å²) in [6.45, 7) is 6.60. The molecule has 7 heteroatoms. The van der Waals surface area contributed by atoms with E-state index < -0.39 is 5.66 Å². The van der Waals surface area contributed by atoms with Crippen LogP contribution in [0.5, 0.6) is 0 Å². The van der Waals surface area contributed by atoms with Gasteiger partial charge in [-0.1, -0.05) is 49.4 Å². The number of hydrogen-bond donors (Lipinski definition) is 1. The molecular weight excluding hydrogens is 440 g/mol. The number of carbonyl (C=O) groups is 3. The molecule has 2 unspecified atom stereocenters. The molecule has 3 amide bonds. The molecule has 1 N–H and O–H groups in total. The Labute approximate surface area is 207 Å². The van der Waals surface area contributed by atoms with Gasteiger partial charge in [0.05, 0.1) is 17.3 Å². The summed E-state index contributed by atoms with van der Waals surface area (Å²) >= 11 is 0. The zero-order chi connectivity index (χ0) is 24.6. The number of anilines is 1. The van der Waals surface area contributed by atoms with E-state index in [-0.39, 0.29) is 30.3 Å². The molecule has 0 saturated carbocycles. The third-order valence-electron chi connectivity index (χ3n) is 7.98. The summed E-state index contributed by atoms with van der Waals surface area (Å²) in [5, 5.41) is 3.11. The lowest BCUT2D eigenvalue weighted by Crippen LogP contribution is -2.64. The minimum atomic E-state index is -0.832. The number of likely N-dealkylation sites (tertiary alicyclic amines) is 1. The lowest BCUT2D eigenvalue weighted by atomic mass is 9.95. The third kappa shape index (κ3) is 4.33. The van der Waals surface area contributed by atoms with Crippen LogP contribution in [-0.4, -0.2) is 59.4 Å². The summed E-state index contributed by atoms with van der Waals surface area (Å²) in [7, 11) is 0. The van der Waals surface area contributed by atoms with Crippen molar-refractivity contribution < 1.29 is 14.4 Å². The molecule has 2 aromatic carbocycles. The highest BCUT2D eigenvalue weighted by Crippen LogP contribution is 2.43. The molecule has 3 aliphatic heterocycles. The van der Waals surface area contributed by atoms with Crippen LogP contribution >= 0.6 is 0 Å². The Kier molecular flexibility index (Phi) is 6.36. The average Bonchev–Trinajstić information content (AvgIpc) is 3.18. The number of carbonyl (C=O) groups excluding carboxylic acids is 3. The topological polar surface area (TPSA) is 73.0 Å². The van der Waals surface area contributed by atoms with Crippen LogP contribution in [0.25, 0.3) is 0 Å². The Morgan fingerprint density at radius 2 is 1.74 bits per heavy atom. The first kappa shape index (κ1) is 23.5. The molecule has 3 aliphatic rings. The number of nitrogens with one attached hydrogen (secondary N) is 1. The second-order valence-corrected chi connectivity index (χ2v) is 10.3. The van der Waals surface area contributed by atoms with E-state index in [0.29, 0.717) is 30.6 Å². The standard InChI is InChI=1S/C28H34N4O3/c1-20-13-16-30(17-14-20)24(21-8-4-3-5-9-21)18-29-25(33)19-31-27(35)22-10-6-7-11-23(22)32-26(34)12-15-28(31,32)2/h3-11,20,24H,12-19H2,1-2H3,(H,29,33). The molecule has 0 aromatic heterocycles. The third-order valence-corrected chi connectivity index (χ3v) is 7.98. The largest absolute Gasteiger partial charge is 0.353 e. The lowest BCUT2D eigenvalue weighted by molar-refractivity contribution is -0.124. The Bertz CT molecular complexity index is 1110. The normalized spacial score (nSPS) is 23.7. The smallest absolute Gasteiger partial charge is 0.258 e. The van der Waals surface area contributed by atoms with Crippen molar-refractivity contribution in [2.24, 2.45) is 5.92 Å². The molecule has 3 heterocycles. The predicted molar refractivity (Wildman–Crippen MR) is 135 cm³/mol. The van der Waals surface area contributed by atoms with Gasteiger partial charge in [-0.15, -0.1) is 0 Å². The van der Waals surface area contributed by atoms with E-state index in [1.54, 1.807) is 21.9 Å². The van der Waals surface area contributed by atoms with Crippen LogP contribution in [0.2, 0.25) is 0 Å². The number of benzene rings is 2. The summed E-state index contributed by atoms with van der Waals surface area (Å²) in [5.74, 6) is 0.308. The lowest BCUT2D eigenvalue weighted by Gasteiger charge is -2.48. The highest BCUT2D eigenvalue weighted by Gasteiger charge is 2.53. The summed E-state index contributed by atoms with van der Waals surface area (Å²) < 4.78 is 0. The van der Waals surface area contributed by atoms with Crippen LogP contribution in [0.1, 0.15) is 61.5 Å². The van der Waals surface area contributed by atoms with Crippen LogP contribution in [0.15, 0.2) is 54.6 Å². The van der Waals surface area contributed by atoms with Gasteiger partial charge in [0.1, 0.15) is 12.2 Å². The number of rotatable bonds is 6. The van der Waals surface area contributed by atoms with Gasteiger partial charge in [-0.05, 0) is 62.9 Å². The zero-order valence-electron chi connectivity index (χ0n) is 20.6. The SMILES string of the molecule is CC1CCN(C(CNC(=O)CN2C(=O)c3ccccc3N3C(=O)CCC23C)c2ccccc2)CC1. The van der Waals surface area contributed by atoms with Crippen LogP contribution in [0.4, 0.5) is 5.69 Å². The van der Waals surface area contributed by atoms with Gasteiger partial charge in [-0.2, -0.15) is 0 Å². The first-order valence-electron chi connectivity index (χ1n) is 12.7. The van der Waals surface area contributed by atoms with Gasteiger partial charge in [0.2, 0.25) is 11.8 Å². The van der Waals surface area contributed by atoms with Crippen LogP contribution in [-0.2, 0) is 9.59 Å². The minimum Gasteiger partial charge on any atom is -0.353 e. The number of amides is 3. The van der Waals surface area contributed by atoms with Crippen molar-refractivity contribution in [2.75, 3.05) is 31.1 Å². The van der Waals surface area contributed by atoms with Gasteiger partial charge in [-0.25, -0.2) is 0 Å². The van der Waals surface area contributed by atoms with Gasteiger partial charge in [-0.3, -0.25) is 24.2 Å². The first-order valence-corrected chi connectivity index (χ1v) is 12.7. The van der Waals surface area contributed by atoms with E-state index in [1.807, 2.05) is 37.3 Å². The van der Waals surface area contributed by atoms with E-state index in [4.69, 9.17) is 0 Å². The van der Waals surface area contributed by atoms with Crippen LogP contribution < -0.4 is 10.2 Å². The van der Waals surface area contributed by atoms with E-state index >= 15 is 0 Å². The molecular formula is C28H34N4O3. The van der Waals surface area contributed by atoms with E-state index in [9.17, 15) is 14.4 Å². The maximum atomic E-state index is 13.4. The van der Waals surface area contributed by atoms with Gasteiger partial charge >= 0.3 is 0 Å². The molecule has 5 rings (SSSR count). The Balaban J connectivity index is 1.33. The first-order chi connectivity index (χ1) is 16.9. The molecule has 2 atom stereocenters. The minimum absolute atomic E-state index is 0.0127. The van der Waals surface area contributed by atoms with Crippen molar-refractivity contribution >= 4 is 23.4 Å². The predicted octanol–water partition coefficient (Wildman–Crippen LogP) is 3.57. The Hall–Kier alpha value is -3.19. The number of piperidine rings is 1. The van der Waals surface area contributed by atoms with Gasteiger partial charge in [0.15, 0.2) is 0 Å². The fraction of sp³-hybridized carbons (Fsp3) is 0.464. The molecule has 0 aliphatic carbocycles. The Morgan fingerprint density at radius 3 is 2.49 bits per heavy atom. The molecule has 2 saturated heterocycles. The summed E-state index contributed by atoms with van der Waals surface area (Å²) in [6.07, 6.45) is 3.18. The highest BCUT2D eigenvalue weighted by molar-refractivity contribution is 6.11. The molecule has 0 bridgehead atoms. The van der Waals surface area contributed by atoms with Gasteiger partial charge < -0.3 is 10.2 Å². The molecule has 2 fully saturated rings. The van der Waals surface area contributed by atoms with Crippen molar-refractivity contribution in [3.63, 3.8) is 0 Å². The molecule has 0 radical (unpaired) electrons. The fourth-order valence-corrected chi connectivity index (χ4v) is 5.82. The fourth-order valence-electron chi connectivity index (χ4n) is 5.82. The number of nitrogens with zero attached hydrogens (tertiary/aromatic N) is 3. The summed E-state index contributed by atoms with van der Waals surface area (Å²) in [4.78, 5) is 45.2. The molecule has 2 aromatic rings. The highest BCUT2D eigenvalue weighted by atomic mass is 16.2. The number of hydrogen-bond acceptors (Lipinski definition) is 4. The van der Waals surface area contributed by atoms with E-state index in [2.05, 4.69) is 29.3 Å². The molecule has 0 spiro atoms.